The molecular formula is C19H21ClN2O3S. The molecule has 1 heterocycles. The van der Waals surface area contributed by atoms with Gasteiger partial charge in [-0.1, -0.05) is 23.7 Å². The summed E-state index contributed by atoms with van der Waals surface area (Å²) in [4.78, 5) is 14.6. The van der Waals surface area contributed by atoms with Gasteiger partial charge in [0, 0.05) is 35.9 Å². The van der Waals surface area contributed by atoms with Crippen molar-refractivity contribution in [3.05, 3.63) is 53.6 Å². The van der Waals surface area contributed by atoms with E-state index >= 15 is 0 Å². The molecule has 5 nitrogen and oxygen atoms in total. The van der Waals surface area contributed by atoms with Crippen molar-refractivity contribution < 1.29 is 13.2 Å². The lowest BCUT2D eigenvalue weighted by Gasteiger charge is -2.18. The second-order valence-electron chi connectivity index (χ2n) is 6.32. The Morgan fingerprint density at radius 3 is 2.54 bits per heavy atom. The minimum atomic E-state index is -3.54. The zero-order chi connectivity index (χ0) is 18.6. The van der Waals surface area contributed by atoms with Crippen molar-refractivity contribution in [3.8, 4) is 0 Å². The van der Waals surface area contributed by atoms with E-state index in [-0.39, 0.29) is 23.0 Å². The molecular weight excluding hydrogens is 372 g/mol. The lowest BCUT2D eigenvalue weighted by atomic mass is 10.2. The first-order valence-corrected chi connectivity index (χ1v) is 10.6. The highest BCUT2D eigenvalue weighted by Crippen LogP contribution is 2.23. The second kappa shape index (κ2) is 8.10. The van der Waals surface area contributed by atoms with Gasteiger partial charge in [0.1, 0.15) is 0 Å². The van der Waals surface area contributed by atoms with E-state index in [0.29, 0.717) is 10.7 Å². The van der Waals surface area contributed by atoms with E-state index in [1.165, 1.54) is 25.0 Å². The molecule has 138 valence electrons. The number of hydrogen-bond acceptors (Lipinski definition) is 4. The molecule has 0 spiro atoms. The van der Waals surface area contributed by atoms with Crippen LogP contribution in [0.4, 0.5) is 11.4 Å². The predicted octanol–water partition coefficient (Wildman–Crippen LogP) is 3.74. The van der Waals surface area contributed by atoms with Gasteiger partial charge in [-0.3, -0.25) is 4.79 Å². The summed E-state index contributed by atoms with van der Waals surface area (Å²) in [6, 6.07) is 13.7. The fourth-order valence-electron chi connectivity index (χ4n) is 2.98. The molecule has 1 aliphatic rings. The molecule has 1 amide bonds. The minimum Gasteiger partial charge on any atom is -0.371 e. The summed E-state index contributed by atoms with van der Waals surface area (Å²) in [7, 11) is -3.54. The number of nitrogens with one attached hydrogen (secondary N) is 1. The molecule has 26 heavy (non-hydrogen) atoms. The van der Waals surface area contributed by atoms with Crippen LogP contribution < -0.4 is 10.2 Å². The average Bonchev–Trinajstić information content (AvgIpc) is 3.15. The zero-order valence-electron chi connectivity index (χ0n) is 14.3. The van der Waals surface area contributed by atoms with Gasteiger partial charge in [0.05, 0.1) is 10.6 Å². The van der Waals surface area contributed by atoms with Crippen LogP contribution >= 0.6 is 11.6 Å². The molecule has 0 saturated carbocycles. The highest BCUT2D eigenvalue weighted by atomic mass is 35.5. The second-order valence-corrected chi connectivity index (χ2v) is 8.86. The highest BCUT2D eigenvalue weighted by Gasteiger charge is 2.17. The third-order valence-electron chi connectivity index (χ3n) is 4.35. The zero-order valence-corrected chi connectivity index (χ0v) is 15.9. The average molecular weight is 393 g/mol. The van der Waals surface area contributed by atoms with Gasteiger partial charge < -0.3 is 10.2 Å². The number of rotatable bonds is 6. The molecule has 0 aliphatic carbocycles. The summed E-state index contributed by atoms with van der Waals surface area (Å²) in [5.41, 5.74) is 1.76. The fourth-order valence-corrected chi connectivity index (χ4v) is 4.52. The van der Waals surface area contributed by atoms with E-state index < -0.39 is 9.84 Å². The van der Waals surface area contributed by atoms with Crippen LogP contribution in [0.25, 0.3) is 0 Å². The number of nitrogens with zero attached hydrogens (tertiary/aromatic N) is 1. The Balaban J connectivity index is 1.60. The third kappa shape index (κ3) is 4.77. The van der Waals surface area contributed by atoms with Crippen molar-refractivity contribution >= 4 is 38.7 Å². The number of anilines is 2. The Morgan fingerprint density at radius 1 is 1.08 bits per heavy atom. The Morgan fingerprint density at radius 2 is 1.81 bits per heavy atom. The predicted molar refractivity (Wildman–Crippen MR) is 105 cm³/mol. The summed E-state index contributed by atoms with van der Waals surface area (Å²) in [5, 5.41) is 3.14. The van der Waals surface area contributed by atoms with Gasteiger partial charge in [-0.25, -0.2) is 8.42 Å². The highest BCUT2D eigenvalue weighted by molar-refractivity contribution is 7.91. The Kier molecular flexibility index (Phi) is 5.84. The first kappa shape index (κ1) is 18.7. The Hall–Kier alpha value is -2.05. The maximum Gasteiger partial charge on any atom is 0.225 e. The van der Waals surface area contributed by atoms with E-state index in [4.69, 9.17) is 11.6 Å². The van der Waals surface area contributed by atoms with E-state index in [9.17, 15) is 13.2 Å². The third-order valence-corrected chi connectivity index (χ3v) is 6.30. The number of amides is 1. The molecule has 2 aromatic rings. The van der Waals surface area contributed by atoms with Crippen LogP contribution in [0.5, 0.6) is 0 Å². The number of carbonyl (C=O) groups is 1. The van der Waals surface area contributed by atoms with Gasteiger partial charge in [0.15, 0.2) is 9.84 Å². The molecule has 0 aromatic heterocycles. The molecule has 1 N–H and O–H groups in total. The monoisotopic (exact) mass is 392 g/mol. The maximum atomic E-state index is 12.3. The number of carbonyl (C=O) groups excluding carboxylic acids is 1. The molecule has 0 atom stereocenters. The van der Waals surface area contributed by atoms with Gasteiger partial charge in [-0.2, -0.15) is 0 Å². The molecule has 1 fully saturated rings. The quantitative estimate of drug-likeness (QED) is 0.813. The largest absolute Gasteiger partial charge is 0.371 e. The first-order chi connectivity index (χ1) is 12.4. The van der Waals surface area contributed by atoms with Gasteiger partial charge in [0.25, 0.3) is 0 Å². The first-order valence-electron chi connectivity index (χ1n) is 8.57. The van der Waals surface area contributed by atoms with E-state index in [1.54, 1.807) is 12.1 Å². The normalized spacial score (nSPS) is 14.4. The van der Waals surface area contributed by atoms with Gasteiger partial charge in [0.2, 0.25) is 5.91 Å². The Bertz CT molecular complexity index is 893. The lowest BCUT2D eigenvalue weighted by molar-refractivity contribution is -0.115. The summed E-state index contributed by atoms with van der Waals surface area (Å²) in [6.07, 6.45) is 2.25. The van der Waals surface area contributed by atoms with Crippen molar-refractivity contribution in [2.45, 2.75) is 24.2 Å². The van der Waals surface area contributed by atoms with Gasteiger partial charge in [-0.15, -0.1) is 0 Å². The summed E-state index contributed by atoms with van der Waals surface area (Å²) >= 11 is 5.84. The fraction of sp³-hybridized carbons (Fsp3) is 0.316. The van der Waals surface area contributed by atoms with Gasteiger partial charge in [-0.05, 0) is 49.2 Å². The minimum absolute atomic E-state index is 0.108. The SMILES string of the molecule is O=C(CCS(=O)(=O)c1cccc(Cl)c1)Nc1cccc(N2CCCC2)c1. The van der Waals surface area contributed by atoms with Crippen molar-refractivity contribution in [1.82, 2.24) is 0 Å². The maximum absolute atomic E-state index is 12.3. The van der Waals surface area contributed by atoms with E-state index in [1.807, 2.05) is 24.3 Å². The number of benzene rings is 2. The van der Waals surface area contributed by atoms with Crippen LogP contribution in [0, 0.1) is 0 Å². The number of halogens is 1. The van der Waals surface area contributed by atoms with Crippen LogP contribution in [0.3, 0.4) is 0 Å². The molecule has 7 heteroatoms. The molecule has 0 unspecified atom stereocenters. The smallest absolute Gasteiger partial charge is 0.225 e. The molecule has 1 saturated heterocycles. The van der Waals surface area contributed by atoms with Crippen LogP contribution in [0.15, 0.2) is 53.4 Å². The van der Waals surface area contributed by atoms with Crippen LogP contribution in [0.2, 0.25) is 5.02 Å². The van der Waals surface area contributed by atoms with Gasteiger partial charge >= 0.3 is 0 Å². The van der Waals surface area contributed by atoms with E-state index in [0.717, 1.165) is 18.8 Å². The molecule has 0 bridgehead atoms. The Labute approximate surface area is 158 Å². The molecule has 1 aliphatic heterocycles. The van der Waals surface area contributed by atoms with Crippen LogP contribution in [-0.4, -0.2) is 33.2 Å². The summed E-state index contributed by atoms with van der Waals surface area (Å²) < 4.78 is 24.6. The molecule has 0 radical (unpaired) electrons. The van der Waals surface area contributed by atoms with Crippen LogP contribution in [-0.2, 0) is 14.6 Å². The van der Waals surface area contributed by atoms with Crippen molar-refractivity contribution in [1.29, 1.82) is 0 Å². The summed E-state index contributed by atoms with van der Waals surface area (Å²) in [5.74, 6) is -0.584. The van der Waals surface area contributed by atoms with Crippen molar-refractivity contribution in [3.63, 3.8) is 0 Å². The van der Waals surface area contributed by atoms with Crippen molar-refractivity contribution in [2.75, 3.05) is 29.1 Å². The number of sulfone groups is 1. The summed E-state index contributed by atoms with van der Waals surface area (Å²) in [6.45, 7) is 2.05. The van der Waals surface area contributed by atoms with Crippen molar-refractivity contribution in [2.24, 2.45) is 0 Å². The standard InChI is InChI=1S/C19H21ClN2O3S/c20-15-5-3-8-18(13-15)26(24,25)12-9-19(23)21-16-6-4-7-17(14-16)22-10-1-2-11-22/h3-8,13-14H,1-2,9-12H2,(H,21,23). The van der Waals surface area contributed by atoms with Crippen LogP contribution in [0.1, 0.15) is 19.3 Å². The topological polar surface area (TPSA) is 66.5 Å². The molecule has 3 rings (SSSR count). The lowest BCUT2D eigenvalue weighted by Crippen LogP contribution is -2.19. The molecule has 2 aromatic carbocycles. The number of hydrogen-bond donors (Lipinski definition) is 1. The van der Waals surface area contributed by atoms with E-state index in [2.05, 4.69) is 10.2 Å².